The number of benzene rings is 1. The van der Waals surface area contributed by atoms with Crippen LogP contribution in [0.25, 0.3) is 5.57 Å². The molecule has 2 N–H and O–H groups in total. The molecular formula is C19H28IN3O. The summed E-state index contributed by atoms with van der Waals surface area (Å²) in [6, 6.07) is 10.6. The van der Waals surface area contributed by atoms with E-state index in [4.69, 9.17) is 0 Å². The summed E-state index contributed by atoms with van der Waals surface area (Å²) in [5, 5.41) is 13.6. The van der Waals surface area contributed by atoms with Crippen molar-refractivity contribution in [3.63, 3.8) is 0 Å². The SMILES string of the molecule is CCNC(=NCC1(O)CCC1)N1CC=C(c2ccccc2)CC1.I. The number of rotatable bonds is 4. The van der Waals surface area contributed by atoms with Crippen LogP contribution in [0.15, 0.2) is 41.4 Å². The van der Waals surface area contributed by atoms with Gasteiger partial charge in [-0.2, -0.15) is 0 Å². The van der Waals surface area contributed by atoms with Crippen molar-refractivity contribution in [2.24, 2.45) is 4.99 Å². The second-order valence-corrected chi connectivity index (χ2v) is 6.54. The number of halogens is 1. The molecule has 3 rings (SSSR count). The van der Waals surface area contributed by atoms with Gasteiger partial charge in [0.2, 0.25) is 0 Å². The minimum absolute atomic E-state index is 0. The first-order chi connectivity index (χ1) is 11.2. The molecule has 1 aromatic rings. The average molecular weight is 441 g/mol. The number of nitrogens with zero attached hydrogens (tertiary/aromatic N) is 2. The van der Waals surface area contributed by atoms with Gasteiger partial charge in [0.1, 0.15) is 0 Å². The van der Waals surface area contributed by atoms with Crippen LogP contribution in [0.1, 0.15) is 38.2 Å². The van der Waals surface area contributed by atoms with Crippen LogP contribution in [0.4, 0.5) is 0 Å². The zero-order valence-electron chi connectivity index (χ0n) is 14.4. The Hall–Kier alpha value is -1.08. The number of nitrogens with one attached hydrogen (secondary N) is 1. The van der Waals surface area contributed by atoms with Crippen molar-refractivity contribution in [3.8, 4) is 0 Å². The first-order valence-electron chi connectivity index (χ1n) is 8.70. The first-order valence-corrected chi connectivity index (χ1v) is 8.70. The van der Waals surface area contributed by atoms with Gasteiger partial charge in [0.25, 0.3) is 0 Å². The van der Waals surface area contributed by atoms with Gasteiger partial charge in [-0.25, -0.2) is 0 Å². The van der Waals surface area contributed by atoms with E-state index in [2.05, 4.69) is 58.5 Å². The molecule has 1 saturated carbocycles. The van der Waals surface area contributed by atoms with Gasteiger partial charge in [-0.3, -0.25) is 4.99 Å². The zero-order chi connectivity index (χ0) is 16.1. The number of aliphatic hydroxyl groups is 1. The molecule has 4 nitrogen and oxygen atoms in total. The normalized spacial score (nSPS) is 19.8. The van der Waals surface area contributed by atoms with Crippen molar-refractivity contribution in [1.29, 1.82) is 0 Å². The summed E-state index contributed by atoms with van der Waals surface area (Å²) < 4.78 is 0. The zero-order valence-corrected chi connectivity index (χ0v) is 16.7. The lowest BCUT2D eigenvalue weighted by atomic mass is 9.80. The number of guanidine groups is 1. The molecule has 0 spiro atoms. The molecule has 0 radical (unpaired) electrons. The summed E-state index contributed by atoms with van der Waals surface area (Å²) in [5.41, 5.74) is 2.18. The van der Waals surface area contributed by atoms with Crippen LogP contribution in [0.3, 0.4) is 0 Å². The highest BCUT2D eigenvalue weighted by atomic mass is 127. The maximum Gasteiger partial charge on any atom is 0.194 e. The van der Waals surface area contributed by atoms with Gasteiger partial charge < -0.3 is 15.3 Å². The van der Waals surface area contributed by atoms with Gasteiger partial charge in [0.15, 0.2) is 5.96 Å². The monoisotopic (exact) mass is 441 g/mol. The lowest BCUT2D eigenvalue weighted by Crippen LogP contribution is -2.46. The molecule has 24 heavy (non-hydrogen) atoms. The molecule has 0 atom stereocenters. The third-order valence-corrected chi connectivity index (χ3v) is 4.80. The topological polar surface area (TPSA) is 47.9 Å². The molecule has 1 heterocycles. The fourth-order valence-electron chi connectivity index (χ4n) is 3.17. The smallest absolute Gasteiger partial charge is 0.194 e. The van der Waals surface area contributed by atoms with Crippen molar-refractivity contribution in [2.75, 3.05) is 26.2 Å². The van der Waals surface area contributed by atoms with E-state index in [0.29, 0.717) is 6.54 Å². The molecule has 132 valence electrons. The molecule has 0 bridgehead atoms. The van der Waals surface area contributed by atoms with E-state index in [1.165, 1.54) is 11.1 Å². The summed E-state index contributed by atoms with van der Waals surface area (Å²) in [5.74, 6) is 0.927. The minimum Gasteiger partial charge on any atom is -0.388 e. The second-order valence-electron chi connectivity index (χ2n) is 6.54. The van der Waals surface area contributed by atoms with E-state index in [-0.39, 0.29) is 24.0 Å². The van der Waals surface area contributed by atoms with Gasteiger partial charge in [-0.05, 0) is 43.7 Å². The van der Waals surface area contributed by atoms with Crippen LogP contribution in [-0.4, -0.2) is 47.7 Å². The van der Waals surface area contributed by atoms with Crippen LogP contribution >= 0.6 is 24.0 Å². The summed E-state index contributed by atoms with van der Waals surface area (Å²) in [4.78, 5) is 6.96. The predicted molar refractivity (Wildman–Crippen MR) is 111 cm³/mol. The Kier molecular flexibility index (Phi) is 7.10. The van der Waals surface area contributed by atoms with Gasteiger partial charge in [0, 0.05) is 19.6 Å². The first kappa shape index (κ1) is 19.2. The van der Waals surface area contributed by atoms with Crippen molar-refractivity contribution < 1.29 is 5.11 Å². The molecular weight excluding hydrogens is 413 g/mol. The molecule has 0 saturated heterocycles. The summed E-state index contributed by atoms with van der Waals surface area (Å²) in [7, 11) is 0. The van der Waals surface area contributed by atoms with Gasteiger partial charge in [0.05, 0.1) is 12.1 Å². The lowest BCUT2D eigenvalue weighted by Gasteiger charge is -2.36. The fourth-order valence-corrected chi connectivity index (χ4v) is 3.17. The number of aliphatic imine (C=N–C) groups is 1. The largest absolute Gasteiger partial charge is 0.388 e. The Bertz CT molecular complexity index is 582. The molecule has 1 aliphatic carbocycles. The van der Waals surface area contributed by atoms with Crippen LogP contribution < -0.4 is 5.32 Å². The highest BCUT2D eigenvalue weighted by molar-refractivity contribution is 14.0. The summed E-state index contributed by atoms with van der Waals surface area (Å²) in [6.45, 7) is 5.28. The summed E-state index contributed by atoms with van der Waals surface area (Å²) >= 11 is 0. The van der Waals surface area contributed by atoms with Gasteiger partial charge >= 0.3 is 0 Å². The fraction of sp³-hybridized carbons (Fsp3) is 0.526. The van der Waals surface area contributed by atoms with Crippen molar-refractivity contribution in [2.45, 2.75) is 38.2 Å². The maximum atomic E-state index is 10.3. The van der Waals surface area contributed by atoms with E-state index >= 15 is 0 Å². The van der Waals surface area contributed by atoms with Crippen LogP contribution in [-0.2, 0) is 0 Å². The maximum absolute atomic E-state index is 10.3. The molecule has 1 fully saturated rings. The van der Waals surface area contributed by atoms with E-state index < -0.39 is 5.60 Å². The Morgan fingerprint density at radius 3 is 2.58 bits per heavy atom. The standard InChI is InChI=1S/C19H27N3O.HI/c1-2-20-18(21-15-19(23)11-6-12-19)22-13-9-17(10-14-22)16-7-4-3-5-8-16;/h3-5,7-9,23H,2,6,10-15H2,1H3,(H,20,21);1H. The quantitative estimate of drug-likeness (QED) is 0.429. The Morgan fingerprint density at radius 1 is 1.29 bits per heavy atom. The van der Waals surface area contributed by atoms with E-state index in [0.717, 1.165) is 51.3 Å². The second kappa shape index (κ2) is 8.85. The molecule has 0 amide bonds. The van der Waals surface area contributed by atoms with E-state index in [1.54, 1.807) is 0 Å². The molecule has 0 aromatic heterocycles. The van der Waals surface area contributed by atoms with Gasteiger partial charge in [-0.15, -0.1) is 24.0 Å². The van der Waals surface area contributed by atoms with E-state index in [1.807, 2.05) is 0 Å². The lowest BCUT2D eigenvalue weighted by molar-refractivity contribution is -0.0237. The number of hydrogen-bond acceptors (Lipinski definition) is 2. The van der Waals surface area contributed by atoms with Gasteiger partial charge in [-0.1, -0.05) is 36.4 Å². The minimum atomic E-state index is -0.554. The highest BCUT2D eigenvalue weighted by Crippen LogP contribution is 2.31. The molecule has 5 heteroatoms. The summed E-state index contributed by atoms with van der Waals surface area (Å²) in [6.07, 6.45) is 6.21. The molecule has 1 aromatic carbocycles. The predicted octanol–water partition coefficient (Wildman–Crippen LogP) is 3.27. The van der Waals surface area contributed by atoms with Crippen molar-refractivity contribution >= 4 is 35.5 Å². The molecule has 2 aliphatic rings. The average Bonchev–Trinajstić information content (AvgIpc) is 2.58. The molecule has 1 aliphatic heterocycles. The third kappa shape index (κ3) is 4.72. The van der Waals surface area contributed by atoms with Crippen LogP contribution in [0, 0.1) is 0 Å². The molecule has 0 unspecified atom stereocenters. The Balaban J connectivity index is 0.00000208. The Morgan fingerprint density at radius 2 is 2.04 bits per heavy atom. The third-order valence-electron chi connectivity index (χ3n) is 4.80. The van der Waals surface area contributed by atoms with Crippen molar-refractivity contribution in [1.82, 2.24) is 10.2 Å². The van der Waals surface area contributed by atoms with Crippen LogP contribution in [0.2, 0.25) is 0 Å². The van der Waals surface area contributed by atoms with Crippen LogP contribution in [0.5, 0.6) is 0 Å². The van der Waals surface area contributed by atoms with Crippen molar-refractivity contribution in [3.05, 3.63) is 42.0 Å². The number of hydrogen-bond donors (Lipinski definition) is 2. The highest BCUT2D eigenvalue weighted by Gasteiger charge is 2.34. The Labute approximate surface area is 162 Å². The van der Waals surface area contributed by atoms with E-state index in [9.17, 15) is 5.11 Å².